The van der Waals surface area contributed by atoms with E-state index in [0.717, 1.165) is 31.9 Å². The highest BCUT2D eigenvalue weighted by molar-refractivity contribution is 5.28. The van der Waals surface area contributed by atoms with E-state index >= 15 is 0 Å². The predicted molar refractivity (Wildman–Crippen MR) is 52.9 cm³/mol. The normalized spacial score (nSPS) is 18.5. The summed E-state index contributed by atoms with van der Waals surface area (Å²) in [7, 11) is 0. The number of hydrogen-bond acceptors (Lipinski definition) is 3. The fourth-order valence-electron chi connectivity index (χ4n) is 1.74. The number of hydrogen-bond donors (Lipinski definition) is 0. The van der Waals surface area contributed by atoms with Crippen LogP contribution < -0.4 is 4.90 Å². The first kappa shape index (κ1) is 9.37. The molecular weight excluding hydrogens is 181 g/mol. The molecule has 14 heavy (non-hydrogen) atoms. The predicted octanol–water partition coefficient (Wildman–Crippen LogP) is 1.66. The topological polar surface area (TPSA) is 29.0 Å². The van der Waals surface area contributed by atoms with Crippen molar-refractivity contribution in [2.24, 2.45) is 5.92 Å². The molecule has 0 aromatic carbocycles. The van der Waals surface area contributed by atoms with E-state index in [0.29, 0.717) is 0 Å². The fourth-order valence-corrected chi connectivity index (χ4v) is 1.74. The van der Waals surface area contributed by atoms with E-state index in [1.807, 2.05) is 0 Å². The van der Waals surface area contributed by atoms with Gasteiger partial charge < -0.3 is 4.90 Å². The van der Waals surface area contributed by atoms with Gasteiger partial charge in [-0.05, 0) is 24.8 Å². The smallest absolute Gasteiger partial charge is 0.225 e. The zero-order valence-corrected chi connectivity index (χ0v) is 8.06. The van der Waals surface area contributed by atoms with Gasteiger partial charge in [0.25, 0.3) is 0 Å². The average Bonchev–Trinajstić information content (AvgIpc) is 2.30. The van der Waals surface area contributed by atoms with Gasteiger partial charge in [0.1, 0.15) is 0 Å². The molecule has 2 rings (SSSR count). The molecule has 0 aliphatic carbocycles. The van der Waals surface area contributed by atoms with Crippen molar-refractivity contribution in [1.29, 1.82) is 0 Å². The Morgan fingerprint density at radius 2 is 1.93 bits per heavy atom. The molecule has 76 valence electrons. The first-order valence-electron chi connectivity index (χ1n) is 4.98. The maximum absolute atomic E-state index is 12.4. The van der Waals surface area contributed by atoms with Crippen LogP contribution >= 0.6 is 0 Å². The van der Waals surface area contributed by atoms with Crippen molar-refractivity contribution in [3.63, 3.8) is 0 Å². The summed E-state index contributed by atoms with van der Waals surface area (Å²) < 4.78 is 12.4. The minimum atomic E-state index is -0.191. The molecule has 0 saturated carbocycles. The molecule has 0 amide bonds. The van der Waals surface area contributed by atoms with E-state index in [2.05, 4.69) is 14.9 Å². The van der Waals surface area contributed by atoms with E-state index in [-0.39, 0.29) is 12.6 Å². The van der Waals surface area contributed by atoms with Gasteiger partial charge in [-0.2, -0.15) is 0 Å². The Morgan fingerprint density at radius 1 is 1.29 bits per heavy atom. The SMILES string of the molecule is FCC1CCN(c2ncccn2)CC1. The van der Waals surface area contributed by atoms with Crippen LogP contribution in [0, 0.1) is 5.92 Å². The summed E-state index contributed by atoms with van der Waals surface area (Å²) in [4.78, 5) is 10.5. The molecule has 1 fully saturated rings. The molecule has 0 bridgehead atoms. The van der Waals surface area contributed by atoms with Gasteiger partial charge >= 0.3 is 0 Å². The van der Waals surface area contributed by atoms with Gasteiger partial charge in [0.15, 0.2) is 0 Å². The lowest BCUT2D eigenvalue weighted by molar-refractivity contribution is 0.306. The largest absolute Gasteiger partial charge is 0.341 e. The zero-order chi connectivity index (χ0) is 9.80. The second-order valence-electron chi connectivity index (χ2n) is 3.63. The van der Waals surface area contributed by atoms with Crippen LogP contribution in [0.4, 0.5) is 10.3 Å². The van der Waals surface area contributed by atoms with Crippen molar-refractivity contribution >= 4 is 5.95 Å². The molecule has 0 atom stereocenters. The minimum Gasteiger partial charge on any atom is -0.341 e. The van der Waals surface area contributed by atoms with Gasteiger partial charge in [-0.3, -0.25) is 4.39 Å². The van der Waals surface area contributed by atoms with E-state index in [4.69, 9.17) is 0 Å². The Balaban J connectivity index is 1.96. The molecule has 1 saturated heterocycles. The van der Waals surface area contributed by atoms with Crippen LogP contribution in [-0.4, -0.2) is 29.7 Å². The fraction of sp³-hybridized carbons (Fsp3) is 0.600. The Hall–Kier alpha value is -1.19. The number of piperidine rings is 1. The molecule has 0 radical (unpaired) electrons. The molecular formula is C10H14FN3. The lowest BCUT2D eigenvalue weighted by Crippen LogP contribution is -2.35. The first-order valence-corrected chi connectivity index (χ1v) is 4.98. The van der Waals surface area contributed by atoms with Crippen LogP contribution in [0.1, 0.15) is 12.8 Å². The lowest BCUT2D eigenvalue weighted by atomic mass is 9.99. The highest BCUT2D eigenvalue weighted by Gasteiger charge is 2.20. The molecule has 1 aliphatic rings. The number of aromatic nitrogens is 2. The van der Waals surface area contributed by atoms with Crippen molar-refractivity contribution in [2.75, 3.05) is 24.7 Å². The summed E-state index contributed by atoms with van der Waals surface area (Å²) in [5.74, 6) is 1.01. The first-order chi connectivity index (χ1) is 6.90. The summed E-state index contributed by atoms with van der Waals surface area (Å²) in [5.41, 5.74) is 0. The van der Waals surface area contributed by atoms with Crippen LogP contribution in [0.5, 0.6) is 0 Å². The molecule has 0 spiro atoms. The molecule has 1 aromatic rings. The highest BCUT2D eigenvalue weighted by Crippen LogP contribution is 2.20. The van der Waals surface area contributed by atoms with Gasteiger partial charge in [0.05, 0.1) is 6.67 Å². The van der Waals surface area contributed by atoms with Crippen LogP contribution in [0.25, 0.3) is 0 Å². The Labute approximate surface area is 83.0 Å². The molecule has 0 N–H and O–H groups in total. The third kappa shape index (κ3) is 2.00. The standard InChI is InChI=1S/C10H14FN3/c11-8-9-2-6-14(7-3-9)10-12-4-1-5-13-10/h1,4-5,9H,2-3,6-8H2. The number of anilines is 1. The van der Waals surface area contributed by atoms with Gasteiger partial charge in [0, 0.05) is 25.5 Å². The Bertz CT molecular complexity index is 270. The molecule has 0 unspecified atom stereocenters. The maximum atomic E-state index is 12.4. The van der Waals surface area contributed by atoms with Crippen molar-refractivity contribution < 1.29 is 4.39 Å². The Morgan fingerprint density at radius 3 is 2.50 bits per heavy atom. The average molecular weight is 195 g/mol. The third-order valence-electron chi connectivity index (χ3n) is 2.67. The van der Waals surface area contributed by atoms with Crippen LogP contribution in [0.15, 0.2) is 18.5 Å². The maximum Gasteiger partial charge on any atom is 0.225 e. The summed E-state index contributed by atoms with van der Waals surface area (Å²) in [6.45, 7) is 1.56. The number of halogens is 1. The van der Waals surface area contributed by atoms with Gasteiger partial charge in [0.2, 0.25) is 5.95 Å². The van der Waals surface area contributed by atoms with E-state index in [1.165, 1.54) is 0 Å². The number of alkyl halides is 1. The van der Waals surface area contributed by atoms with Crippen molar-refractivity contribution in [3.05, 3.63) is 18.5 Å². The monoisotopic (exact) mass is 195 g/mol. The van der Waals surface area contributed by atoms with Crippen molar-refractivity contribution in [2.45, 2.75) is 12.8 Å². The summed E-state index contributed by atoms with van der Waals surface area (Å²) in [5, 5.41) is 0. The van der Waals surface area contributed by atoms with Gasteiger partial charge in [-0.15, -0.1) is 0 Å². The lowest BCUT2D eigenvalue weighted by Gasteiger charge is -2.30. The summed E-state index contributed by atoms with van der Waals surface area (Å²) in [6, 6.07) is 1.80. The minimum absolute atomic E-state index is 0.191. The van der Waals surface area contributed by atoms with Crippen molar-refractivity contribution in [1.82, 2.24) is 9.97 Å². The molecule has 4 heteroatoms. The van der Waals surface area contributed by atoms with Crippen molar-refractivity contribution in [3.8, 4) is 0 Å². The van der Waals surface area contributed by atoms with Gasteiger partial charge in [-0.1, -0.05) is 0 Å². The van der Waals surface area contributed by atoms with E-state index < -0.39 is 0 Å². The molecule has 1 aliphatic heterocycles. The zero-order valence-electron chi connectivity index (χ0n) is 8.06. The molecule has 3 nitrogen and oxygen atoms in total. The quantitative estimate of drug-likeness (QED) is 0.718. The second kappa shape index (κ2) is 4.35. The summed E-state index contributed by atoms with van der Waals surface area (Å²) in [6.07, 6.45) is 5.30. The highest BCUT2D eigenvalue weighted by atomic mass is 19.1. The molecule has 1 aromatic heterocycles. The Kier molecular flexibility index (Phi) is 2.91. The molecule has 2 heterocycles. The van der Waals surface area contributed by atoms with Crippen LogP contribution in [0.2, 0.25) is 0 Å². The number of nitrogens with zero attached hydrogens (tertiary/aromatic N) is 3. The number of rotatable bonds is 2. The van der Waals surface area contributed by atoms with Gasteiger partial charge in [-0.25, -0.2) is 9.97 Å². The van der Waals surface area contributed by atoms with Crippen LogP contribution in [0.3, 0.4) is 0 Å². The van der Waals surface area contributed by atoms with Crippen LogP contribution in [-0.2, 0) is 0 Å². The van der Waals surface area contributed by atoms with E-state index in [1.54, 1.807) is 18.5 Å². The third-order valence-corrected chi connectivity index (χ3v) is 2.67. The summed E-state index contributed by atoms with van der Waals surface area (Å²) >= 11 is 0. The second-order valence-corrected chi connectivity index (χ2v) is 3.63. The van der Waals surface area contributed by atoms with E-state index in [9.17, 15) is 4.39 Å².